The summed E-state index contributed by atoms with van der Waals surface area (Å²) in [6.07, 6.45) is 5.02. The van der Waals surface area contributed by atoms with Gasteiger partial charge in [-0.1, -0.05) is 6.92 Å². The highest BCUT2D eigenvalue weighted by molar-refractivity contribution is 7.17. The third-order valence-electron chi connectivity index (χ3n) is 1.65. The van der Waals surface area contributed by atoms with Gasteiger partial charge in [-0.15, -0.1) is 11.3 Å². The molecule has 0 saturated heterocycles. The van der Waals surface area contributed by atoms with Gasteiger partial charge in [0.2, 0.25) is 0 Å². The van der Waals surface area contributed by atoms with E-state index in [1.165, 1.54) is 0 Å². The maximum Gasteiger partial charge on any atom is 0.129 e. The highest BCUT2D eigenvalue weighted by atomic mass is 32.1. The third kappa shape index (κ3) is 1.32. The van der Waals surface area contributed by atoms with Crippen LogP contribution in [-0.2, 0) is 6.42 Å². The fraction of sp³-hybridized carbons (Fsp3) is 0.333. The fourth-order valence-corrected chi connectivity index (χ4v) is 1.75. The van der Waals surface area contributed by atoms with Crippen LogP contribution >= 0.6 is 11.3 Å². The van der Waals surface area contributed by atoms with Crippen LogP contribution in [0.5, 0.6) is 0 Å². The summed E-state index contributed by atoms with van der Waals surface area (Å²) in [4.78, 5) is 8.54. The standard InChI is InChI=1S/C9H9N2S/c1-2-3-9-10-6-8-7(11-9)4-5-12-8/h4-5H,2-3H2,1H3. The molecule has 0 N–H and O–H groups in total. The molecule has 0 aliphatic rings. The van der Waals surface area contributed by atoms with Gasteiger partial charge in [0.25, 0.3) is 0 Å². The molecule has 0 aromatic carbocycles. The van der Waals surface area contributed by atoms with Gasteiger partial charge < -0.3 is 0 Å². The van der Waals surface area contributed by atoms with Gasteiger partial charge in [0.05, 0.1) is 10.2 Å². The van der Waals surface area contributed by atoms with E-state index < -0.39 is 0 Å². The van der Waals surface area contributed by atoms with E-state index in [1.807, 2.05) is 11.4 Å². The van der Waals surface area contributed by atoms with Gasteiger partial charge in [-0.3, -0.25) is 0 Å². The Morgan fingerprint density at radius 2 is 2.50 bits per heavy atom. The van der Waals surface area contributed by atoms with Crippen LogP contribution in [0, 0.1) is 6.20 Å². The number of hydrogen-bond donors (Lipinski definition) is 0. The Labute approximate surface area is 75.3 Å². The Kier molecular flexibility index (Phi) is 2.04. The van der Waals surface area contributed by atoms with E-state index in [2.05, 4.69) is 23.1 Å². The SMILES string of the molecule is CCCc1n[c]c2sccc2n1. The summed E-state index contributed by atoms with van der Waals surface area (Å²) in [7, 11) is 0. The lowest BCUT2D eigenvalue weighted by Crippen LogP contribution is -1.92. The van der Waals surface area contributed by atoms with E-state index in [4.69, 9.17) is 0 Å². The normalized spacial score (nSPS) is 10.8. The molecule has 0 bridgehead atoms. The monoisotopic (exact) mass is 177 g/mol. The van der Waals surface area contributed by atoms with E-state index in [-0.39, 0.29) is 0 Å². The molecule has 0 fully saturated rings. The zero-order valence-electron chi connectivity index (χ0n) is 6.87. The van der Waals surface area contributed by atoms with Crippen LogP contribution in [0.25, 0.3) is 10.2 Å². The van der Waals surface area contributed by atoms with Crippen molar-refractivity contribution in [1.29, 1.82) is 0 Å². The third-order valence-corrected chi connectivity index (χ3v) is 2.46. The van der Waals surface area contributed by atoms with Crippen molar-refractivity contribution in [3.63, 3.8) is 0 Å². The minimum Gasteiger partial charge on any atom is -0.232 e. The molecule has 0 amide bonds. The van der Waals surface area contributed by atoms with Gasteiger partial charge in [0.15, 0.2) is 0 Å². The smallest absolute Gasteiger partial charge is 0.129 e. The van der Waals surface area contributed by atoms with Crippen molar-refractivity contribution in [1.82, 2.24) is 9.97 Å². The van der Waals surface area contributed by atoms with Crippen molar-refractivity contribution in [2.24, 2.45) is 0 Å². The maximum atomic E-state index is 4.39. The summed E-state index contributed by atoms with van der Waals surface area (Å²) in [6, 6.07) is 2.01. The summed E-state index contributed by atoms with van der Waals surface area (Å²) in [5.41, 5.74) is 1.03. The number of hydrogen-bond acceptors (Lipinski definition) is 3. The van der Waals surface area contributed by atoms with Crippen LogP contribution in [-0.4, -0.2) is 9.97 Å². The van der Waals surface area contributed by atoms with Crippen LogP contribution in [0.1, 0.15) is 19.2 Å². The van der Waals surface area contributed by atoms with Gasteiger partial charge in [-0.05, 0) is 17.9 Å². The van der Waals surface area contributed by atoms with Crippen LogP contribution in [0.4, 0.5) is 0 Å². The number of fused-ring (bicyclic) bond motifs is 1. The Balaban J connectivity index is 2.46. The number of aryl methyl sites for hydroxylation is 1. The Hall–Kier alpha value is -0.960. The van der Waals surface area contributed by atoms with Gasteiger partial charge in [0.1, 0.15) is 12.0 Å². The number of aromatic nitrogens is 2. The number of thiophene rings is 1. The average molecular weight is 177 g/mol. The van der Waals surface area contributed by atoms with Crippen LogP contribution in [0.3, 0.4) is 0 Å². The van der Waals surface area contributed by atoms with Crippen molar-refractivity contribution in [2.75, 3.05) is 0 Å². The summed E-state index contributed by atoms with van der Waals surface area (Å²) in [5, 5.41) is 2.02. The molecule has 2 nitrogen and oxygen atoms in total. The van der Waals surface area contributed by atoms with Crippen molar-refractivity contribution in [3.8, 4) is 0 Å². The molecular weight excluding hydrogens is 168 g/mol. The highest BCUT2D eigenvalue weighted by Gasteiger charge is 1.99. The van der Waals surface area contributed by atoms with Gasteiger partial charge in [0, 0.05) is 6.42 Å². The first kappa shape index (κ1) is 7.68. The van der Waals surface area contributed by atoms with Crippen LogP contribution < -0.4 is 0 Å². The lowest BCUT2D eigenvalue weighted by atomic mass is 10.3. The van der Waals surface area contributed by atoms with Gasteiger partial charge in [-0.2, -0.15) is 0 Å². The molecule has 0 aliphatic heterocycles. The fourth-order valence-electron chi connectivity index (χ4n) is 1.09. The maximum absolute atomic E-state index is 4.39. The lowest BCUT2D eigenvalue weighted by molar-refractivity contribution is 0.843. The first-order valence-corrected chi connectivity index (χ1v) is 4.90. The van der Waals surface area contributed by atoms with Crippen LogP contribution in [0.2, 0.25) is 0 Å². The highest BCUT2D eigenvalue weighted by Crippen LogP contribution is 2.16. The second-order valence-corrected chi connectivity index (χ2v) is 3.55. The van der Waals surface area contributed by atoms with E-state index in [1.54, 1.807) is 11.3 Å². The molecule has 0 atom stereocenters. The second kappa shape index (κ2) is 3.19. The summed E-state index contributed by atoms with van der Waals surface area (Å²) in [6.45, 7) is 2.13. The first-order chi connectivity index (χ1) is 5.90. The second-order valence-electron chi connectivity index (χ2n) is 2.64. The zero-order chi connectivity index (χ0) is 8.39. The van der Waals surface area contributed by atoms with E-state index in [0.717, 1.165) is 28.9 Å². The van der Waals surface area contributed by atoms with Gasteiger partial charge in [-0.25, -0.2) is 9.97 Å². The molecule has 0 unspecified atom stereocenters. The molecule has 61 valence electrons. The topological polar surface area (TPSA) is 25.8 Å². The molecule has 1 radical (unpaired) electrons. The first-order valence-electron chi connectivity index (χ1n) is 4.02. The molecule has 0 spiro atoms. The molecule has 12 heavy (non-hydrogen) atoms. The molecule has 0 saturated carbocycles. The average Bonchev–Trinajstić information content (AvgIpc) is 2.51. The largest absolute Gasteiger partial charge is 0.232 e. The molecular formula is C9H9N2S. The van der Waals surface area contributed by atoms with E-state index in [9.17, 15) is 0 Å². The Morgan fingerprint density at radius 3 is 3.33 bits per heavy atom. The summed E-state index contributed by atoms with van der Waals surface area (Å²) < 4.78 is 1.05. The molecule has 0 aliphatic carbocycles. The summed E-state index contributed by atoms with van der Waals surface area (Å²) >= 11 is 1.63. The predicted octanol–water partition coefficient (Wildman–Crippen LogP) is 2.44. The van der Waals surface area contributed by atoms with Crippen molar-refractivity contribution < 1.29 is 0 Å². The minimum atomic E-state index is 0.906. The Bertz CT molecular complexity index is 381. The summed E-state index contributed by atoms with van der Waals surface area (Å²) in [5.74, 6) is 0.906. The van der Waals surface area contributed by atoms with Crippen molar-refractivity contribution >= 4 is 21.6 Å². The number of rotatable bonds is 2. The minimum absolute atomic E-state index is 0.906. The zero-order valence-corrected chi connectivity index (χ0v) is 7.69. The van der Waals surface area contributed by atoms with Gasteiger partial charge >= 0.3 is 0 Å². The molecule has 2 rings (SSSR count). The molecule has 2 aromatic heterocycles. The lowest BCUT2D eigenvalue weighted by Gasteiger charge is -1.94. The Morgan fingerprint density at radius 1 is 1.58 bits per heavy atom. The van der Waals surface area contributed by atoms with Crippen LogP contribution in [0.15, 0.2) is 11.4 Å². The predicted molar refractivity (Wildman–Crippen MR) is 50.2 cm³/mol. The quantitative estimate of drug-likeness (QED) is 0.704. The van der Waals surface area contributed by atoms with Crippen molar-refractivity contribution in [2.45, 2.75) is 19.8 Å². The molecule has 2 heterocycles. The molecule has 2 aromatic rings. The molecule has 3 heteroatoms. The van der Waals surface area contributed by atoms with E-state index in [0.29, 0.717) is 0 Å². The van der Waals surface area contributed by atoms with Crippen molar-refractivity contribution in [3.05, 3.63) is 23.5 Å². The van der Waals surface area contributed by atoms with E-state index >= 15 is 0 Å². The number of nitrogens with zero attached hydrogens (tertiary/aromatic N) is 2.